The van der Waals surface area contributed by atoms with E-state index >= 15 is 0 Å². The van der Waals surface area contributed by atoms with Crippen molar-refractivity contribution in [2.75, 3.05) is 20.3 Å². The van der Waals surface area contributed by atoms with Crippen LogP contribution in [0.1, 0.15) is 19.8 Å². The summed E-state index contributed by atoms with van der Waals surface area (Å²) in [6, 6.07) is 0. The van der Waals surface area contributed by atoms with Crippen LogP contribution in [-0.4, -0.2) is 48.6 Å². The van der Waals surface area contributed by atoms with E-state index in [1.54, 1.807) is 6.92 Å². The summed E-state index contributed by atoms with van der Waals surface area (Å²) in [5.74, 6) is -0.166. The predicted molar refractivity (Wildman–Crippen MR) is 51.8 cm³/mol. The summed E-state index contributed by atoms with van der Waals surface area (Å²) in [7, 11) is 1.48. The minimum Gasteiger partial charge on any atom is -0.393 e. The average molecular weight is 205 g/mol. The highest BCUT2D eigenvalue weighted by atomic mass is 16.5. The molecule has 0 aromatic rings. The lowest BCUT2D eigenvalue weighted by atomic mass is 10.2. The van der Waals surface area contributed by atoms with Gasteiger partial charge in [0.25, 0.3) is 0 Å². The van der Waals surface area contributed by atoms with Crippen LogP contribution in [0.2, 0.25) is 0 Å². The summed E-state index contributed by atoms with van der Waals surface area (Å²) in [5.41, 5.74) is 0. The Labute approximate surface area is 84.1 Å². The molecule has 0 aliphatic rings. The molecule has 0 aromatic heterocycles. The molecule has 0 rings (SSSR count). The first-order valence-corrected chi connectivity index (χ1v) is 4.68. The molecular weight excluding hydrogens is 186 g/mol. The van der Waals surface area contributed by atoms with E-state index in [0.717, 1.165) is 0 Å². The van der Waals surface area contributed by atoms with Crippen LogP contribution in [-0.2, 0) is 9.53 Å². The molecule has 0 heterocycles. The van der Waals surface area contributed by atoms with Crippen molar-refractivity contribution in [3.05, 3.63) is 0 Å². The lowest BCUT2D eigenvalue weighted by Gasteiger charge is -2.10. The number of carbonyl (C=O) groups is 1. The van der Waals surface area contributed by atoms with Crippen molar-refractivity contribution >= 4 is 5.91 Å². The van der Waals surface area contributed by atoms with E-state index in [4.69, 9.17) is 9.84 Å². The molecule has 3 N–H and O–H groups in total. The minimum absolute atomic E-state index is 0.166. The van der Waals surface area contributed by atoms with Crippen molar-refractivity contribution in [1.29, 1.82) is 0 Å². The molecule has 5 nitrogen and oxygen atoms in total. The topological polar surface area (TPSA) is 78.8 Å². The van der Waals surface area contributed by atoms with Crippen LogP contribution >= 0.6 is 0 Å². The molecule has 2 unspecified atom stereocenters. The molecule has 0 bridgehead atoms. The number of aliphatic hydroxyl groups excluding tert-OH is 2. The van der Waals surface area contributed by atoms with Gasteiger partial charge in [-0.3, -0.25) is 4.79 Å². The average Bonchev–Trinajstić information content (AvgIpc) is 2.12. The van der Waals surface area contributed by atoms with E-state index in [-0.39, 0.29) is 25.5 Å². The highest BCUT2D eigenvalue weighted by molar-refractivity contribution is 5.75. The van der Waals surface area contributed by atoms with Crippen molar-refractivity contribution in [2.45, 2.75) is 32.0 Å². The van der Waals surface area contributed by atoms with E-state index in [9.17, 15) is 9.90 Å². The summed E-state index contributed by atoms with van der Waals surface area (Å²) in [4.78, 5) is 11.1. The smallest absolute Gasteiger partial charge is 0.220 e. The highest BCUT2D eigenvalue weighted by Crippen LogP contribution is 1.95. The fraction of sp³-hybridized carbons (Fsp3) is 0.889. The standard InChI is InChI=1S/C9H19NO4/c1-7(11)3-4-9(13)10-5-8(12)6-14-2/h7-8,11-12H,3-6H2,1-2H3,(H,10,13). The minimum atomic E-state index is -0.671. The molecule has 1 amide bonds. The molecule has 2 atom stereocenters. The number of nitrogens with one attached hydrogen (secondary N) is 1. The summed E-state index contributed by atoms with van der Waals surface area (Å²) >= 11 is 0. The van der Waals surface area contributed by atoms with Crippen LogP contribution in [0.25, 0.3) is 0 Å². The molecule has 0 fully saturated rings. The molecule has 84 valence electrons. The second-order valence-corrected chi connectivity index (χ2v) is 3.30. The first kappa shape index (κ1) is 13.4. The van der Waals surface area contributed by atoms with Gasteiger partial charge < -0.3 is 20.3 Å². The van der Waals surface area contributed by atoms with Crippen LogP contribution in [0.4, 0.5) is 0 Å². The molecule has 14 heavy (non-hydrogen) atoms. The summed E-state index contributed by atoms with van der Waals surface area (Å²) < 4.78 is 4.69. The van der Waals surface area contributed by atoms with Gasteiger partial charge in [0.05, 0.1) is 18.8 Å². The van der Waals surface area contributed by atoms with Crippen LogP contribution in [0.15, 0.2) is 0 Å². The highest BCUT2D eigenvalue weighted by Gasteiger charge is 2.07. The Balaban J connectivity index is 3.43. The lowest BCUT2D eigenvalue weighted by molar-refractivity contribution is -0.122. The number of carbonyl (C=O) groups excluding carboxylic acids is 1. The summed E-state index contributed by atoms with van der Waals surface area (Å²) in [6.07, 6.45) is -0.427. The van der Waals surface area contributed by atoms with Crippen molar-refractivity contribution in [3.63, 3.8) is 0 Å². The first-order chi connectivity index (χ1) is 6.56. The van der Waals surface area contributed by atoms with Gasteiger partial charge in [-0.25, -0.2) is 0 Å². The predicted octanol–water partition coefficient (Wildman–Crippen LogP) is -0.729. The van der Waals surface area contributed by atoms with Crippen LogP contribution in [0.3, 0.4) is 0 Å². The number of hydrogen-bond acceptors (Lipinski definition) is 4. The van der Waals surface area contributed by atoms with Crippen LogP contribution < -0.4 is 5.32 Å². The van der Waals surface area contributed by atoms with E-state index in [0.29, 0.717) is 6.42 Å². The number of hydrogen-bond donors (Lipinski definition) is 3. The van der Waals surface area contributed by atoms with Gasteiger partial charge in [-0.15, -0.1) is 0 Å². The zero-order chi connectivity index (χ0) is 11.0. The molecule has 0 saturated heterocycles. The summed E-state index contributed by atoms with van der Waals surface area (Å²) in [5, 5.41) is 20.6. The Morgan fingerprint density at radius 3 is 2.64 bits per heavy atom. The Kier molecular flexibility index (Phi) is 7.37. The van der Waals surface area contributed by atoms with Crippen molar-refractivity contribution in [1.82, 2.24) is 5.32 Å². The number of amides is 1. The quantitative estimate of drug-likeness (QED) is 0.512. The zero-order valence-electron chi connectivity index (χ0n) is 8.69. The number of rotatable bonds is 7. The van der Waals surface area contributed by atoms with Gasteiger partial charge in [0, 0.05) is 20.1 Å². The van der Waals surface area contributed by atoms with Gasteiger partial charge in [-0.05, 0) is 13.3 Å². The number of aliphatic hydroxyl groups is 2. The van der Waals surface area contributed by atoms with Crippen molar-refractivity contribution in [3.8, 4) is 0 Å². The summed E-state index contributed by atoms with van der Waals surface area (Å²) in [6.45, 7) is 2.02. The molecule has 0 aliphatic heterocycles. The van der Waals surface area contributed by atoms with E-state index in [2.05, 4.69) is 5.32 Å². The van der Waals surface area contributed by atoms with Gasteiger partial charge in [0.2, 0.25) is 5.91 Å². The van der Waals surface area contributed by atoms with Gasteiger partial charge in [-0.2, -0.15) is 0 Å². The van der Waals surface area contributed by atoms with Gasteiger partial charge >= 0.3 is 0 Å². The largest absolute Gasteiger partial charge is 0.393 e. The zero-order valence-corrected chi connectivity index (χ0v) is 8.69. The van der Waals surface area contributed by atoms with Crippen molar-refractivity contribution in [2.24, 2.45) is 0 Å². The molecule has 0 spiro atoms. The third-order valence-electron chi connectivity index (χ3n) is 1.68. The molecule has 0 aromatic carbocycles. The Hall–Kier alpha value is -0.650. The third kappa shape index (κ3) is 7.97. The monoisotopic (exact) mass is 205 g/mol. The third-order valence-corrected chi connectivity index (χ3v) is 1.68. The van der Waals surface area contributed by atoms with Crippen LogP contribution in [0.5, 0.6) is 0 Å². The molecule has 0 saturated carbocycles. The van der Waals surface area contributed by atoms with Crippen LogP contribution in [0, 0.1) is 0 Å². The normalized spacial score (nSPS) is 14.9. The second-order valence-electron chi connectivity index (χ2n) is 3.30. The molecular formula is C9H19NO4. The number of methoxy groups -OCH3 is 1. The fourth-order valence-electron chi connectivity index (χ4n) is 0.911. The number of ether oxygens (including phenoxy) is 1. The fourth-order valence-corrected chi connectivity index (χ4v) is 0.911. The van der Waals surface area contributed by atoms with E-state index in [1.165, 1.54) is 7.11 Å². The molecule has 5 heteroatoms. The Morgan fingerprint density at radius 1 is 1.50 bits per heavy atom. The first-order valence-electron chi connectivity index (χ1n) is 4.68. The van der Waals surface area contributed by atoms with E-state index in [1.807, 2.05) is 0 Å². The SMILES string of the molecule is COCC(O)CNC(=O)CCC(C)O. The maximum atomic E-state index is 11.1. The maximum Gasteiger partial charge on any atom is 0.220 e. The molecule has 0 radical (unpaired) electrons. The van der Waals surface area contributed by atoms with Gasteiger partial charge in [0.1, 0.15) is 0 Å². The maximum absolute atomic E-state index is 11.1. The van der Waals surface area contributed by atoms with Gasteiger partial charge in [0.15, 0.2) is 0 Å². The Morgan fingerprint density at radius 2 is 2.14 bits per heavy atom. The van der Waals surface area contributed by atoms with Crippen molar-refractivity contribution < 1.29 is 19.7 Å². The second kappa shape index (κ2) is 7.73. The van der Waals surface area contributed by atoms with Gasteiger partial charge in [-0.1, -0.05) is 0 Å². The molecule has 0 aliphatic carbocycles. The Bertz CT molecular complexity index is 161. The van der Waals surface area contributed by atoms with E-state index < -0.39 is 12.2 Å². The lowest BCUT2D eigenvalue weighted by Crippen LogP contribution is -2.34.